The van der Waals surface area contributed by atoms with Crippen molar-refractivity contribution >= 4 is 27.4 Å². The van der Waals surface area contributed by atoms with Crippen molar-refractivity contribution in [2.24, 2.45) is 0 Å². The summed E-state index contributed by atoms with van der Waals surface area (Å²) in [5.41, 5.74) is 0.208. The predicted molar refractivity (Wildman–Crippen MR) is 75.5 cm³/mol. The first-order valence-corrected chi connectivity index (χ1v) is 7.62. The molecule has 1 unspecified atom stereocenters. The molecule has 4 nitrogen and oxygen atoms in total. The number of carboxylic acids is 1. The third-order valence-corrected chi connectivity index (χ3v) is 5.00. The normalized spacial score (nSPS) is 12.8. The van der Waals surface area contributed by atoms with Gasteiger partial charge in [-0.05, 0) is 23.8 Å². The molecule has 0 radical (unpaired) electrons. The molecule has 0 saturated heterocycles. The van der Waals surface area contributed by atoms with E-state index < -0.39 is 21.1 Å². The Morgan fingerprint density at radius 2 is 1.70 bits per heavy atom. The molecular weight excluding hydrogens is 300 g/mol. The summed E-state index contributed by atoms with van der Waals surface area (Å²) in [7, 11) is -4.06. The molecule has 2 aromatic carbocycles. The highest BCUT2D eigenvalue weighted by atomic mass is 35.5. The summed E-state index contributed by atoms with van der Waals surface area (Å²) in [4.78, 5) is 11.3. The molecule has 6 heteroatoms. The molecular formula is C14H11ClO4S. The molecule has 0 fully saturated rings. The Bertz CT molecular complexity index is 726. The average Bonchev–Trinajstić information content (AvgIpc) is 2.39. The Morgan fingerprint density at radius 3 is 2.25 bits per heavy atom. The van der Waals surface area contributed by atoms with Crippen LogP contribution in [-0.2, 0) is 14.6 Å². The lowest BCUT2D eigenvalue weighted by Crippen LogP contribution is -2.22. The van der Waals surface area contributed by atoms with E-state index in [0.717, 1.165) is 0 Å². The predicted octanol–water partition coefficient (Wildman–Crippen LogP) is 2.94. The van der Waals surface area contributed by atoms with Gasteiger partial charge in [-0.15, -0.1) is 0 Å². The van der Waals surface area contributed by atoms with E-state index in [1.165, 1.54) is 36.4 Å². The Hall–Kier alpha value is -1.85. The topological polar surface area (TPSA) is 71.4 Å². The van der Waals surface area contributed by atoms with E-state index in [4.69, 9.17) is 11.6 Å². The Labute approximate surface area is 121 Å². The van der Waals surface area contributed by atoms with E-state index >= 15 is 0 Å². The first kappa shape index (κ1) is 14.6. The number of halogens is 1. The van der Waals surface area contributed by atoms with Gasteiger partial charge in [-0.25, -0.2) is 8.42 Å². The van der Waals surface area contributed by atoms with Crippen molar-refractivity contribution < 1.29 is 18.3 Å². The second-order valence-corrected chi connectivity index (χ2v) is 6.60. The average molecular weight is 311 g/mol. The number of carbonyl (C=O) groups is 1. The molecule has 0 amide bonds. The standard InChI is InChI=1S/C14H11ClO4S/c15-11-7-4-8-12(9-11)20(18,19)13(14(16)17)10-5-2-1-3-6-10/h1-9,13H,(H,16,17). The van der Waals surface area contributed by atoms with Crippen molar-refractivity contribution in [1.29, 1.82) is 0 Å². The van der Waals surface area contributed by atoms with Crippen molar-refractivity contribution in [1.82, 2.24) is 0 Å². The molecule has 0 aromatic heterocycles. The van der Waals surface area contributed by atoms with E-state index in [0.29, 0.717) is 0 Å². The summed E-state index contributed by atoms with van der Waals surface area (Å²) in [6.45, 7) is 0. The Morgan fingerprint density at radius 1 is 1.05 bits per heavy atom. The van der Waals surface area contributed by atoms with Gasteiger partial charge in [-0.3, -0.25) is 4.79 Å². The lowest BCUT2D eigenvalue weighted by molar-refractivity contribution is -0.136. The number of carboxylic acid groups (broad SMARTS) is 1. The van der Waals surface area contributed by atoms with Crippen LogP contribution in [0.5, 0.6) is 0 Å². The van der Waals surface area contributed by atoms with Crippen LogP contribution in [0.2, 0.25) is 5.02 Å². The van der Waals surface area contributed by atoms with Crippen LogP contribution in [0.25, 0.3) is 0 Å². The van der Waals surface area contributed by atoms with Gasteiger partial charge >= 0.3 is 5.97 Å². The zero-order chi connectivity index (χ0) is 14.8. The van der Waals surface area contributed by atoms with Crippen molar-refractivity contribution in [2.45, 2.75) is 10.1 Å². The number of sulfone groups is 1. The van der Waals surface area contributed by atoms with Gasteiger partial charge in [0.15, 0.2) is 15.1 Å². The number of benzene rings is 2. The van der Waals surface area contributed by atoms with Gasteiger partial charge in [0.05, 0.1) is 4.90 Å². The quantitative estimate of drug-likeness (QED) is 0.942. The van der Waals surface area contributed by atoms with Gasteiger partial charge in [0.25, 0.3) is 0 Å². The SMILES string of the molecule is O=C(O)C(c1ccccc1)S(=O)(=O)c1cccc(Cl)c1. The molecule has 0 aliphatic carbocycles. The number of hydrogen-bond donors (Lipinski definition) is 1. The van der Waals surface area contributed by atoms with Crippen LogP contribution in [0.4, 0.5) is 0 Å². The Kier molecular flexibility index (Phi) is 4.11. The van der Waals surface area contributed by atoms with Gasteiger partial charge < -0.3 is 5.11 Å². The second kappa shape index (κ2) is 5.64. The van der Waals surface area contributed by atoms with Crippen molar-refractivity contribution in [3.05, 3.63) is 65.2 Å². The van der Waals surface area contributed by atoms with E-state index in [1.54, 1.807) is 18.2 Å². The van der Waals surface area contributed by atoms with Gasteiger partial charge in [-0.1, -0.05) is 48.0 Å². The third kappa shape index (κ3) is 2.84. The smallest absolute Gasteiger partial charge is 0.326 e. The second-order valence-electron chi connectivity index (χ2n) is 4.13. The molecule has 1 N–H and O–H groups in total. The van der Waals surface area contributed by atoms with Crippen molar-refractivity contribution in [3.63, 3.8) is 0 Å². The van der Waals surface area contributed by atoms with Crippen LogP contribution in [0.1, 0.15) is 10.8 Å². The molecule has 0 spiro atoms. The highest BCUT2D eigenvalue weighted by Gasteiger charge is 2.35. The van der Waals surface area contributed by atoms with E-state index in [9.17, 15) is 18.3 Å². The van der Waals surface area contributed by atoms with Gasteiger partial charge in [0.1, 0.15) is 0 Å². The molecule has 20 heavy (non-hydrogen) atoms. The molecule has 0 aliphatic rings. The van der Waals surface area contributed by atoms with Crippen LogP contribution in [0.3, 0.4) is 0 Å². The molecule has 104 valence electrons. The first-order chi connectivity index (χ1) is 9.43. The zero-order valence-electron chi connectivity index (χ0n) is 10.2. The number of hydrogen-bond acceptors (Lipinski definition) is 3. The largest absolute Gasteiger partial charge is 0.480 e. The molecule has 0 aliphatic heterocycles. The lowest BCUT2D eigenvalue weighted by Gasteiger charge is -2.14. The minimum atomic E-state index is -4.06. The fourth-order valence-electron chi connectivity index (χ4n) is 1.86. The molecule has 0 saturated carbocycles. The summed E-state index contributed by atoms with van der Waals surface area (Å²) >= 11 is 5.77. The van der Waals surface area contributed by atoms with Crippen LogP contribution in [0, 0.1) is 0 Å². The van der Waals surface area contributed by atoms with Crippen LogP contribution in [-0.4, -0.2) is 19.5 Å². The van der Waals surface area contributed by atoms with Gasteiger partial charge in [-0.2, -0.15) is 0 Å². The van der Waals surface area contributed by atoms with E-state index in [-0.39, 0.29) is 15.5 Å². The van der Waals surface area contributed by atoms with Gasteiger partial charge in [0, 0.05) is 5.02 Å². The Balaban J connectivity index is 2.57. The maximum atomic E-state index is 12.5. The molecule has 2 rings (SSSR count). The van der Waals surface area contributed by atoms with E-state index in [2.05, 4.69) is 0 Å². The summed E-state index contributed by atoms with van der Waals surface area (Å²) in [5.74, 6) is -1.42. The van der Waals surface area contributed by atoms with Crippen LogP contribution >= 0.6 is 11.6 Å². The van der Waals surface area contributed by atoms with Crippen LogP contribution in [0.15, 0.2) is 59.5 Å². The van der Waals surface area contributed by atoms with Gasteiger partial charge in [0.2, 0.25) is 0 Å². The highest BCUT2D eigenvalue weighted by Crippen LogP contribution is 2.30. The number of aliphatic carboxylic acids is 1. The summed E-state index contributed by atoms with van der Waals surface area (Å²) in [5, 5.41) is 7.87. The number of rotatable bonds is 4. The van der Waals surface area contributed by atoms with E-state index in [1.807, 2.05) is 0 Å². The van der Waals surface area contributed by atoms with Crippen molar-refractivity contribution in [2.75, 3.05) is 0 Å². The summed E-state index contributed by atoms with van der Waals surface area (Å²) in [6.07, 6.45) is 0. The fraction of sp³-hybridized carbons (Fsp3) is 0.0714. The summed E-state index contributed by atoms with van der Waals surface area (Å²) in [6, 6.07) is 13.4. The van der Waals surface area contributed by atoms with Crippen LogP contribution < -0.4 is 0 Å². The monoisotopic (exact) mass is 310 g/mol. The fourth-order valence-corrected chi connectivity index (χ4v) is 3.73. The maximum absolute atomic E-state index is 12.5. The minimum absolute atomic E-state index is 0.110. The molecule has 0 heterocycles. The summed E-state index contributed by atoms with van der Waals surface area (Å²) < 4.78 is 25.0. The maximum Gasteiger partial charge on any atom is 0.326 e. The zero-order valence-corrected chi connectivity index (χ0v) is 11.8. The first-order valence-electron chi connectivity index (χ1n) is 5.70. The third-order valence-electron chi connectivity index (χ3n) is 2.76. The van der Waals surface area contributed by atoms with Crippen molar-refractivity contribution in [3.8, 4) is 0 Å². The molecule has 0 bridgehead atoms. The molecule has 1 atom stereocenters. The minimum Gasteiger partial charge on any atom is -0.480 e. The molecule has 2 aromatic rings. The lowest BCUT2D eigenvalue weighted by atomic mass is 10.1. The highest BCUT2D eigenvalue weighted by molar-refractivity contribution is 7.92.